The fourth-order valence-electron chi connectivity index (χ4n) is 7.38. The number of hydrogen-bond donors (Lipinski definition) is 4. The number of nitrogens with zero attached hydrogens (tertiary/aromatic N) is 2. The Kier molecular flexibility index (Phi) is 10.2. The Morgan fingerprint density at radius 1 is 1.12 bits per heavy atom. The minimum absolute atomic E-state index is 0.0493. The summed E-state index contributed by atoms with van der Waals surface area (Å²) < 4.78 is 5.52. The summed E-state index contributed by atoms with van der Waals surface area (Å²) in [6.45, 7) is 14.4. The average Bonchev–Trinajstić information content (AvgIpc) is 2.97. The lowest BCUT2D eigenvalue weighted by Crippen LogP contribution is -2.50. The van der Waals surface area contributed by atoms with E-state index in [0.717, 1.165) is 101 Å². The second-order valence-corrected chi connectivity index (χ2v) is 13.0. The Morgan fingerprint density at radius 3 is 2.56 bits per heavy atom. The predicted molar refractivity (Wildman–Crippen MR) is 164 cm³/mol. The molecule has 228 valence electrons. The highest BCUT2D eigenvalue weighted by Gasteiger charge is 2.33. The molecule has 4 saturated heterocycles. The quantitative estimate of drug-likeness (QED) is 0.382. The zero-order chi connectivity index (χ0) is 28.9. The monoisotopic (exact) mass is 568 g/mol. The van der Waals surface area contributed by atoms with Gasteiger partial charge in [-0.1, -0.05) is 6.92 Å². The summed E-state index contributed by atoms with van der Waals surface area (Å²) in [6.07, 6.45) is 5.38. The van der Waals surface area contributed by atoms with Gasteiger partial charge in [0.2, 0.25) is 5.91 Å². The number of carbonyl (C=O) groups is 2. The zero-order valence-electron chi connectivity index (χ0n) is 25.6. The second kappa shape index (κ2) is 13.8. The van der Waals surface area contributed by atoms with Crippen LogP contribution in [0.4, 0.5) is 5.69 Å². The van der Waals surface area contributed by atoms with E-state index in [4.69, 9.17) is 4.74 Å². The van der Waals surface area contributed by atoms with Crippen LogP contribution >= 0.6 is 0 Å². The minimum Gasteiger partial charge on any atom is -0.379 e. The van der Waals surface area contributed by atoms with Crippen LogP contribution in [-0.4, -0.2) is 101 Å². The largest absolute Gasteiger partial charge is 0.379 e. The van der Waals surface area contributed by atoms with Crippen molar-refractivity contribution < 1.29 is 14.3 Å². The van der Waals surface area contributed by atoms with Gasteiger partial charge in [-0.15, -0.1) is 0 Å². The Morgan fingerprint density at radius 2 is 1.88 bits per heavy atom. The third-order valence-electron chi connectivity index (χ3n) is 10.1. The lowest BCUT2D eigenvalue weighted by atomic mass is 9.84. The Hall–Kier alpha value is -2.20. The zero-order valence-corrected chi connectivity index (χ0v) is 25.6. The number of piperidine rings is 3. The fourth-order valence-corrected chi connectivity index (χ4v) is 7.38. The Bertz CT molecular complexity index is 1050. The van der Waals surface area contributed by atoms with Gasteiger partial charge in [0.25, 0.3) is 5.91 Å². The third-order valence-corrected chi connectivity index (χ3v) is 10.1. The number of benzene rings is 1. The molecule has 4 heterocycles. The molecule has 5 rings (SSSR count). The van der Waals surface area contributed by atoms with E-state index < -0.39 is 0 Å². The molecule has 1 aromatic carbocycles. The van der Waals surface area contributed by atoms with E-state index in [0.29, 0.717) is 24.5 Å². The van der Waals surface area contributed by atoms with Crippen LogP contribution in [0.15, 0.2) is 12.1 Å². The first kappa shape index (κ1) is 30.3. The van der Waals surface area contributed by atoms with Crippen molar-refractivity contribution in [2.24, 2.45) is 11.8 Å². The summed E-state index contributed by atoms with van der Waals surface area (Å²) in [5.41, 5.74) is 4.17. The summed E-state index contributed by atoms with van der Waals surface area (Å²) in [7, 11) is 2.19. The van der Waals surface area contributed by atoms with Crippen molar-refractivity contribution in [3.05, 3.63) is 28.8 Å². The highest BCUT2D eigenvalue weighted by molar-refractivity contribution is 5.97. The number of anilines is 1. The smallest absolute Gasteiger partial charge is 0.251 e. The number of nitrogens with one attached hydrogen (secondary N) is 4. The van der Waals surface area contributed by atoms with Gasteiger partial charge in [0.15, 0.2) is 0 Å². The standard InChI is InChI=1S/C32H52N6O3/c1-21-15-22(2)36-32(40)29(21)19-35-31(39)28-16-25(17-30(23(28)3)37(4)27-7-9-33-10-8-27)24-5-6-26(34-18-24)20-38-11-13-41-14-12-38/h16-17,21-22,24,26-27,29,33-34H,5-15,18-20H2,1-4H3,(H,35,39)(H,36,40). The summed E-state index contributed by atoms with van der Waals surface area (Å²) in [5, 5.41) is 13.5. The highest BCUT2D eigenvalue weighted by atomic mass is 16.5. The number of amides is 2. The van der Waals surface area contributed by atoms with E-state index in [1.54, 1.807) is 0 Å². The van der Waals surface area contributed by atoms with Crippen molar-refractivity contribution in [1.29, 1.82) is 0 Å². The molecule has 5 unspecified atom stereocenters. The van der Waals surface area contributed by atoms with Crippen LogP contribution in [0.1, 0.15) is 73.4 Å². The Labute approximate surface area is 246 Å². The van der Waals surface area contributed by atoms with Crippen LogP contribution in [0.5, 0.6) is 0 Å². The van der Waals surface area contributed by atoms with Crippen molar-refractivity contribution in [3.8, 4) is 0 Å². The lowest BCUT2D eigenvalue weighted by molar-refractivity contribution is -0.129. The Balaban J connectivity index is 1.32. The molecule has 1 aromatic rings. The molecule has 4 aliphatic rings. The SMILES string of the molecule is Cc1c(C(=O)NCC2C(=O)NC(C)CC2C)cc(C2CCC(CN3CCOCC3)NC2)cc1N(C)C1CCNCC1. The molecule has 4 N–H and O–H groups in total. The van der Waals surface area contributed by atoms with Crippen LogP contribution in [0.3, 0.4) is 0 Å². The topological polar surface area (TPSA) is 98.0 Å². The molecule has 2 amide bonds. The number of hydrogen-bond acceptors (Lipinski definition) is 7. The molecule has 9 heteroatoms. The van der Waals surface area contributed by atoms with Gasteiger partial charge < -0.3 is 30.9 Å². The van der Waals surface area contributed by atoms with Crippen molar-refractivity contribution in [3.63, 3.8) is 0 Å². The van der Waals surface area contributed by atoms with Gasteiger partial charge in [-0.2, -0.15) is 0 Å². The summed E-state index contributed by atoms with van der Waals surface area (Å²) in [4.78, 5) is 31.3. The number of morpholine rings is 1. The normalized spacial score (nSPS) is 30.0. The molecule has 9 nitrogen and oxygen atoms in total. The van der Waals surface area contributed by atoms with E-state index >= 15 is 0 Å². The molecule has 5 atom stereocenters. The van der Waals surface area contributed by atoms with Crippen molar-refractivity contribution in [2.45, 2.75) is 76.9 Å². The third kappa shape index (κ3) is 7.42. The molecular formula is C32H52N6O3. The van der Waals surface area contributed by atoms with E-state index in [1.807, 2.05) is 6.92 Å². The summed E-state index contributed by atoms with van der Waals surface area (Å²) in [6, 6.07) is 5.62. The maximum atomic E-state index is 13.7. The molecule has 0 radical (unpaired) electrons. The molecule has 4 fully saturated rings. The first-order valence-corrected chi connectivity index (χ1v) is 16.0. The van der Waals surface area contributed by atoms with Gasteiger partial charge in [0, 0.05) is 69.1 Å². The number of ether oxygens (including phenoxy) is 1. The van der Waals surface area contributed by atoms with Crippen molar-refractivity contribution >= 4 is 17.5 Å². The van der Waals surface area contributed by atoms with Crippen LogP contribution < -0.4 is 26.2 Å². The van der Waals surface area contributed by atoms with Crippen LogP contribution in [-0.2, 0) is 9.53 Å². The molecule has 0 aliphatic carbocycles. The molecule has 0 aromatic heterocycles. The van der Waals surface area contributed by atoms with E-state index in [-0.39, 0.29) is 29.7 Å². The summed E-state index contributed by atoms with van der Waals surface area (Å²) >= 11 is 0. The molecule has 0 spiro atoms. The van der Waals surface area contributed by atoms with E-state index in [2.05, 4.69) is 64.1 Å². The van der Waals surface area contributed by atoms with Gasteiger partial charge in [-0.25, -0.2) is 0 Å². The lowest BCUT2D eigenvalue weighted by Gasteiger charge is -2.37. The van der Waals surface area contributed by atoms with Gasteiger partial charge in [0.05, 0.1) is 19.1 Å². The molecule has 0 saturated carbocycles. The average molecular weight is 569 g/mol. The maximum Gasteiger partial charge on any atom is 0.251 e. The van der Waals surface area contributed by atoms with Gasteiger partial charge in [-0.3, -0.25) is 14.5 Å². The number of rotatable bonds is 8. The van der Waals surface area contributed by atoms with Gasteiger partial charge in [0.1, 0.15) is 0 Å². The van der Waals surface area contributed by atoms with Crippen molar-refractivity contribution in [2.75, 3.05) is 71.0 Å². The molecular weight excluding hydrogens is 516 g/mol. The molecule has 41 heavy (non-hydrogen) atoms. The molecule has 4 aliphatic heterocycles. The van der Waals surface area contributed by atoms with Crippen LogP contribution in [0.2, 0.25) is 0 Å². The van der Waals surface area contributed by atoms with Gasteiger partial charge in [-0.05, 0) is 94.1 Å². The first-order chi connectivity index (χ1) is 19.8. The fraction of sp³-hybridized carbons (Fsp3) is 0.750. The second-order valence-electron chi connectivity index (χ2n) is 13.0. The number of carbonyl (C=O) groups excluding carboxylic acids is 2. The van der Waals surface area contributed by atoms with E-state index in [1.165, 1.54) is 5.56 Å². The van der Waals surface area contributed by atoms with Gasteiger partial charge >= 0.3 is 0 Å². The minimum atomic E-state index is -0.193. The predicted octanol–water partition coefficient (Wildman–Crippen LogP) is 2.24. The van der Waals surface area contributed by atoms with E-state index in [9.17, 15) is 9.59 Å². The van der Waals surface area contributed by atoms with Crippen molar-refractivity contribution in [1.82, 2.24) is 26.2 Å². The summed E-state index contributed by atoms with van der Waals surface area (Å²) in [5.74, 6) is 0.396. The molecule has 0 bridgehead atoms. The maximum absolute atomic E-state index is 13.7. The van der Waals surface area contributed by atoms with Crippen LogP contribution in [0, 0.1) is 18.8 Å². The first-order valence-electron chi connectivity index (χ1n) is 16.0. The highest BCUT2D eigenvalue weighted by Crippen LogP contribution is 2.34. The van der Waals surface area contributed by atoms with Crippen LogP contribution in [0.25, 0.3) is 0 Å².